The summed E-state index contributed by atoms with van der Waals surface area (Å²) in [5.41, 5.74) is 0.965. The Morgan fingerprint density at radius 2 is 1.93 bits per heavy atom. The van der Waals surface area contributed by atoms with Gasteiger partial charge < -0.3 is 20.0 Å². The zero-order valence-corrected chi connectivity index (χ0v) is 16.6. The second kappa shape index (κ2) is 6.83. The van der Waals surface area contributed by atoms with Crippen LogP contribution in [0.4, 0.5) is 4.79 Å². The van der Waals surface area contributed by atoms with Crippen LogP contribution >= 0.6 is 10.0 Å². The van der Waals surface area contributed by atoms with Crippen molar-refractivity contribution >= 4 is 27.1 Å². The third-order valence-corrected chi connectivity index (χ3v) is 10.6. The molecule has 0 aliphatic carbocycles. The Labute approximate surface area is 160 Å². The largest absolute Gasteiger partial charge is 0.480 e. The van der Waals surface area contributed by atoms with Gasteiger partial charge in [0.15, 0.2) is 0 Å². The van der Waals surface area contributed by atoms with Crippen LogP contribution < -0.4 is 0 Å². The van der Waals surface area contributed by atoms with Crippen molar-refractivity contribution in [2.45, 2.75) is 49.9 Å². The zero-order chi connectivity index (χ0) is 20.0. The van der Waals surface area contributed by atoms with Crippen molar-refractivity contribution < 1.29 is 24.6 Å². The lowest BCUT2D eigenvalue weighted by atomic mass is 9.98. The lowest BCUT2D eigenvalue weighted by molar-refractivity contribution is -0.157. The number of benzene rings is 1. The number of hydrogen-bond donors (Lipinski definition) is 2. The highest BCUT2D eigenvalue weighted by molar-refractivity contribution is 8.46. The van der Waals surface area contributed by atoms with Gasteiger partial charge in [0.1, 0.15) is 6.04 Å². The summed E-state index contributed by atoms with van der Waals surface area (Å²) in [5.74, 6) is -1.80. The Hall–Kier alpha value is -2.06. The first-order valence-corrected chi connectivity index (χ1v) is 10.9. The summed E-state index contributed by atoms with van der Waals surface area (Å²) in [7, 11) is -2.49. The van der Waals surface area contributed by atoms with Crippen molar-refractivity contribution in [1.29, 1.82) is 0 Å². The molecule has 7 nitrogen and oxygen atoms in total. The molecule has 1 aromatic carbocycles. The molecule has 1 aromatic rings. The van der Waals surface area contributed by atoms with Crippen LogP contribution in [-0.4, -0.2) is 65.8 Å². The summed E-state index contributed by atoms with van der Waals surface area (Å²) < 4.78 is -1.02. The zero-order valence-electron chi connectivity index (χ0n) is 15.8. The van der Waals surface area contributed by atoms with Crippen molar-refractivity contribution in [2.75, 3.05) is 12.5 Å². The number of fused-ring (bicyclic) bond motifs is 1. The van der Waals surface area contributed by atoms with E-state index in [1.807, 2.05) is 37.3 Å². The second-order valence-electron chi connectivity index (χ2n) is 7.49. The molecule has 0 radical (unpaired) electrons. The summed E-state index contributed by atoms with van der Waals surface area (Å²) in [6.45, 7) is 6.11. The summed E-state index contributed by atoms with van der Waals surface area (Å²) in [5, 5.41) is 19.4. The van der Waals surface area contributed by atoms with Crippen LogP contribution in [0, 0.1) is 0 Å². The van der Waals surface area contributed by atoms with E-state index < -0.39 is 38.1 Å². The van der Waals surface area contributed by atoms with Gasteiger partial charge in [0.25, 0.3) is 5.24 Å². The molecule has 0 bridgehead atoms. The topological polar surface area (TPSA) is 98.2 Å². The van der Waals surface area contributed by atoms with Gasteiger partial charge in [0.05, 0.1) is 17.7 Å². The number of aliphatic hydroxyl groups is 1. The first kappa shape index (κ1) is 19.7. The van der Waals surface area contributed by atoms with Gasteiger partial charge in [0, 0.05) is 17.8 Å². The van der Waals surface area contributed by atoms with Gasteiger partial charge in [-0.2, -0.15) is 0 Å². The van der Waals surface area contributed by atoms with E-state index in [9.17, 15) is 24.6 Å². The number of aliphatic hydroxyl groups excluding tert-OH is 1. The molecule has 3 atom stereocenters. The minimum Gasteiger partial charge on any atom is -0.480 e. The number of rotatable bonds is 5. The summed E-state index contributed by atoms with van der Waals surface area (Å²) in [6.07, 6.45) is 0.123. The molecule has 0 aromatic heterocycles. The molecule has 1 unspecified atom stereocenters. The number of carboxylic acid groups (broad SMARTS) is 1. The molecule has 2 heterocycles. The van der Waals surface area contributed by atoms with Gasteiger partial charge in [-0.3, -0.25) is 9.59 Å². The Morgan fingerprint density at radius 1 is 1.30 bits per heavy atom. The average Bonchev–Trinajstić information content (AvgIpc) is 2.80. The maximum Gasteiger partial charge on any atom is 0.327 e. The molecule has 0 saturated carbocycles. The molecule has 2 saturated heterocycles. The van der Waals surface area contributed by atoms with Crippen molar-refractivity contribution in [2.24, 2.45) is 0 Å². The van der Waals surface area contributed by atoms with Crippen LogP contribution in [0.5, 0.6) is 0 Å². The van der Waals surface area contributed by atoms with E-state index in [0.29, 0.717) is 13.1 Å². The molecule has 0 spiro atoms. The Balaban J connectivity index is 2.01. The number of nitrogens with zero attached hydrogens (tertiary/aromatic N) is 2. The maximum absolute atomic E-state index is 13.7. The van der Waals surface area contributed by atoms with E-state index in [-0.39, 0.29) is 17.6 Å². The lowest BCUT2D eigenvalue weighted by Gasteiger charge is -2.51. The summed E-state index contributed by atoms with van der Waals surface area (Å²) in [4.78, 5) is 40.7. The van der Waals surface area contributed by atoms with E-state index in [0.717, 1.165) is 5.56 Å². The molecular weight excluding hydrogens is 368 g/mol. The normalized spacial score (nSPS) is 30.8. The molecule has 2 fully saturated rings. The molecule has 2 aliphatic rings. The van der Waals surface area contributed by atoms with E-state index in [4.69, 9.17) is 0 Å². The molecule has 2 aliphatic heterocycles. The Morgan fingerprint density at radius 3 is 2.37 bits per heavy atom. The number of aliphatic carboxylic acids is 1. The maximum atomic E-state index is 13.7. The van der Waals surface area contributed by atoms with Crippen LogP contribution in [0.25, 0.3) is 0 Å². The summed E-state index contributed by atoms with van der Waals surface area (Å²) >= 11 is 0. The molecule has 2 amide bonds. The quantitative estimate of drug-likeness (QED) is 0.746. The molecule has 148 valence electrons. The number of carbonyl (C=O) groups excluding carboxylic acids is 2. The molecule has 2 N–H and O–H groups in total. The fourth-order valence-electron chi connectivity index (χ4n) is 4.34. The van der Waals surface area contributed by atoms with Gasteiger partial charge in [0.2, 0.25) is 5.91 Å². The first-order valence-electron chi connectivity index (χ1n) is 8.99. The lowest BCUT2D eigenvalue weighted by Crippen LogP contribution is -2.57. The standard InChI is InChI=1S/C19H26N2O5S/c1-4-20(11-13-8-6-5-7-9-13)18(26)27(12-22)15-10-14(23)21(15)16(17(24)25)19(27,2)3/h5-9,15-16,22H,4,10-12H2,1-3H3,(H,24,25)/t15-,16+/m1/s1. The number of carboxylic acids is 1. The first-order chi connectivity index (χ1) is 12.7. The van der Waals surface area contributed by atoms with Crippen LogP contribution in [0.15, 0.2) is 30.3 Å². The van der Waals surface area contributed by atoms with Crippen molar-refractivity contribution in [3.05, 3.63) is 35.9 Å². The predicted molar refractivity (Wildman–Crippen MR) is 103 cm³/mol. The minimum atomic E-state index is -2.49. The number of carbonyl (C=O) groups is 3. The van der Waals surface area contributed by atoms with Gasteiger partial charge in [-0.1, -0.05) is 30.3 Å². The van der Waals surface area contributed by atoms with Gasteiger partial charge in [-0.25, -0.2) is 4.79 Å². The Bertz CT molecular complexity index is 769. The fourth-order valence-corrected chi connectivity index (χ4v) is 8.66. The van der Waals surface area contributed by atoms with Crippen molar-refractivity contribution in [1.82, 2.24) is 9.80 Å². The van der Waals surface area contributed by atoms with E-state index in [1.54, 1.807) is 18.7 Å². The monoisotopic (exact) mass is 394 g/mol. The smallest absolute Gasteiger partial charge is 0.327 e. The van der Waals surface area contributed by atoms with E-state index in [1.165, 1.54) is 4.90 Å². The molecular formula is C19H26N2O5S. The van der Waals surface area contributed by atoms with Crippen molar-refractivity contribution in [3.8, 4) is 0 Å². The highest BCUT2D eigenvalue weighted by atomic mass is 32.3. The molecule has 3 rings (SSSR count). The third-order valence-electron chi connectivity index (χ3n) is 5.89. The van der Waals surface area contributed by atoms with E-state index in [2.05, 4.69) is 0 Å². The van der Waals surface area contributed by atoms with E-state index >= 15 is 0 Å². The molecule has 8 heteroatoms. The Kier molecular flexibility index (Phi) is 4.98. The highest BCUT2D eigenvalue weighted by Gasteiger charge is 2.71. The van der Waals surface area contributed by atoms with Gasteiger partial charge in [-0.15, -0.1) is 10.0 Å². The highest BCUT2D eigenvalue weighted by Crippen LogP contribution is 2.74. The number of hydrogen-bond acceptors (Lipinski definition) is 4. The average molecular weight is 394 g/mol. The van der Waals surface area contributed by atoms with Crippen LogP contribution in [0.1, 0.15) is 32.8 Å². The fraction of sp³-hybridized carbons (Fsp3) is 0.526. The SMILES string of the molecule is CCN(Cc1ccccc1)C(=O)S1(CO)[C@@H]2CC(=O)N2[C@@H](C(=O)O)C1(C)C. The third kappa shape index (κ3) is 2.65. The van der Waals surface area contributed by atoms with Gasteiger partial charge in [-0.05, 0) is 26.3 Å². The second-order valence-corrected chi connectivity index (χ2v) is 11.3. The number of β-lactam (4-membered cyclic amide) rings is 1. The minimum absolute atomic E-state index is 0.123. The van der Waals surface area contributed by atoms with Crippen LogP contribution in [0.3, 0.4) is 0 Å². The molecule has 27 heavy (non-hydrogen) atoms. The predicted octanol–water partition coefficient (Wildman–Crippen LogP) is 2.19. The van der Waals surface area contributed by atoms with Crippen LogP contribution in [0.2, 0.25) is 0 Å². The summed E-state index contributed by atoms with van der Waals surface area (Å²) in [6, 6.07) is 8.46. The van der Waals surface area contributed by atoms with Crippen molar-refractivity contribution in [3.63, 3.8) is 0 Å². The van der Waals surface area contributed by atoms with Gasteiger partial charge >= 0.3 is 5.97 Å². The number of amides is 2. The van der Waals surface area contributed by atoms with Crippen LogP contribution in [-0.2, 0) is 16.1 Å².